The lowest BCUT2D eigenvalue weighted by atomic mass is 10.0. The van der Waals surface area contributed by atoms with Gasteiger partial charge in [-0.1, -0.05) is 19.6 Å². The Morgan fingerprint density at radius 2 is 2.21 bits per heavy atom. The Balaban J connectivity index is 2.15. The average molecular weight is 392 g/mol. The normalized spacial score (nSPS) is 16.9. The number of nitrogens with zero attached hydrogens (tertiary/aromatic N) is 3. The number of nitrogens with two attached hydrogens (primary N) is 1. The highest BCUT2D eigenvalue weighted by atomic mass is 19.1. The Hall–Kier alpha value is -2.45. The van der Waals surface area contributed by atoms with E-state index in [2.05, 4.69) is 6.58 Å². The first-order valence-corrected chi connectivity index (χ1v) is 9.38. The van der Waals surface area contributed by atoms with Crippen LogP contribution in [0.25, 0.3) is 0 Å². The average Bonchev–Trinajstić information content (AvgIpc) is 2.70. The zero-order valence-electron chi connectivity index (χ0n) is 16.6. The molecule has 1 saturated heterocycles. The zero-order chi connectivity index (χ0) is 20.5. The Bertz CT molecular complexity index is 711. The van der Waals surface area contributed by atoms with E-state index >= 15 is 0 Å². The van der Waals surface area contributed by atoms with Gasteiger partial charge in [-0.25, -0.2) is 10.2 Å². The molecular weight excluding hydrogens is 363 g/mol. The first-order chi connectivity index (χ1) is 13.5. The summed E-state index contributed by atoms with van der Waals surface area (Å²) in [4.78, 5) is 18.3. The molecule has 2 N–H and O–H groups in total. The smallest absolute Gasteiger partial charge is 0.246 e. The van der Waals surface area contributed by atoms with Crippen molar-refractivity contribution in [2.24, 2.45) is 10.8 Å². The van der Waals surface area contributed by atoms with Gasteiger partial charge in [0.05, 0.1) is 25.7 Å². The number of rotatable bonds is 9. The number of piperazine rings is 1. The van der Waals surface area contributed by atoms with Crippen LogP contribution in [0.4, 0.5) is 4.39 Å². The van der Waals surface area contributed by atoms with E-state index in [1.807, 2.05) is 6.92 Å². The van der Waals surface area contributed by atoms with E-state index in [9.17, 15) is 9.18 Å². The molecule has 0 saturated carbocycles. The summed E-state index contributed by atoms with van der Waals surface area (Å²) in [6.07, 6.45) is 2.64. The van der Waals surface area contributed by atoms with Crippen molar-refractivity contribution < 1.29 is 18.7 Å². The molecule has 154 valence electrons. The number of halogens is 1. The van der Waals surface area contributed by atoms with Gasteiger partial charge in [0.1, 0.15) is 24.0 Å². The predicted octanol–water partition coefficient (Wildman–Crippen LogP) is 1.77. The first kappa shape index (κ1) is 21.8. The van der Waals surface area contributed by atoms with Gasteiger partial charge in [-0.05, 0) is 30.5 Å². The molecule has 0 spiro atoms. The summed E-state index contributed by atoms with van der Waals surface area (Å²) in [7, 11) is 1.59. The molecule has 0 radical (unpaired) electrons. The summed E-state index contributed by atoms with van der Waals surface area (Å²) < 4.78 is 24.3. The molecule has 0 aliphatic carbocycles. The largest absolute Gasteiger partial charge is 0.491 e. The van der Waals surface area contributed by atoms with E-state index in [1.54, 1.807) is 23.1 Å². The number of aliphatic imine (C=N–C) groups is 1. The van der Waals surface area contributed by atoms with Crippen LogP contribution in [0.1, 0.15) is 18.9 Å². The van der Waals surface area contributed by atoms with Gasteiger partial charge < -0.3 is 14.4 Å². The van der Waals surface area contributed by atoms with Gasteiger partial charge in [0.15, 0.2) is 0 Å². The van der Waals surface area contributed by atoms with Crippen LogP contribution in [0.3, 0.4) is 0 Å². The van der Waals surface area contributed by atoms with Crippen LogP contribution in [-0.4, -0.2) is 67.7 Å². The number of hydrogen-bond acceptors (Lipinski definition) is 5. The maximum Gasteiger partial charge on any atom is 0.246 e. The van der Waals surface area contributed by atoms with E-state index < -0.39 is 0 Å². The minimum absolute atomic E-state index is 0.0740. The molecule has 0 bridgehead atoms. The maximum absolute atomic E-state index is 13.6. The van der Waals surface area contributed by atoms with Gasteiger partial charge in [-0.15, -0.1) is 0 Å². The Morgan fingerprint density at radius 1 is 1.43 bits per heavy atom. The summed E-state index contributed by atoms with van der Waals surface area (Å²) in [6.45, 7) is 7.71. The topological polar surface area (TPSA) is 80.4 Å². The van der Waals surface area contributed by atoms with Gasteiger partial charge in [0.25, 0.3) is 0 Å². The number of methoxy groups -OCH3 is 1. The van der Waals surface area contributed by atoms with Crippen molar-refractivity contribution in [2.75, 3.05) is 40.0 Å². The van der Waals surface area contributed by atoms with Crippen LogP contribution in [0, 0.1) is 5.82 Å². The minimum atomic E-state index is -0.352. The maximum atomic E-state index is 13.6. The second-order valence-electron chi connectivity index (χ2n) is 6.56. The third-order valence-electron chi connectivity index (χ3n) is 4.59. The Labute approximate surface area is 165 Å². The molecule has 1 aliphatic heterocycles. The third-order valence-corrected chi connectivity index (χ3v) is 4.59. The Kier molecular flexibility index (Phi) is 8.41. The highest BCUT2D eigenvalue weighted by Gasteiger charge is 2.24. The lowest BCUT2D eigenvalue weighted by Crippen LogP contribution is -2.55. The van der Waals surface area contributed by atoms with E-state index in [0.29, 0.717) is 50.9 Å². The molecule has 1 atom stereocenters. The van der Waals surface area contributed by atoms with Crippen molar-refractivity contribution in [2.45, 2.75) is 25.8 Å². The molecule has 1 aromatic rings. The monoisotopic (exact) mass is 392 g/mol. The predicted molar refractivity (Wildman–Crippen MR) is 107 cm³/mol. The second kappa shape index (κ2) is 10.8. The SMILES string of the molecule is C=CC(=O)N1CCN(N)C(=N[C@@H](CC)Cc2ccc(F)cc2OCCOC)C1. The number of amides is 1. The minimum Gasteiger partial charge on any atom is -0.491 e. The number of benzene rings is 1. The third kappa shape index (κ3) is 6.03. The highest BCUT2D eigenvalue weighted by Crippen LogP contribution is 2.23. The number of carbonyl (C=O) groups is 1. The van der Waals surface area contributed by atoms with Crippen LogP contribution < -0.4 is 10.6 Å². The Morgan fingerprint density at radius 3 is 2.89 bits per heavy atom. The molecule has 1 aliphatic rings. The molecule has 1 fully saturated rings. The zero-order valence-corrected chi connectivity index (χ0v) is 16.6. The summed E-state index contributed by atoms with van der Waals surface area (Å²) in [5.41, 5.74) is 0.868. The van der Waals surface area contributed by atoms with Crippen molar-refractivity contribution in [3.63, 3.8) is 0 Å². The summed E-state index contributed by atoms with van der Waals surface area (Å²) in [5, 5.41) is 1.58. The fourth-order valence-electron chi connectivity index (χ4n) is 2.94. The molecule has 0 unspecified atom stereocenters. The van der Waals surface area contributed by atoms with Crippen molar-refractivity contribution in [3.8, 4) is 5.75 Å². The molecule has 2 rings (SSSR count). The molecule has 1 amide bonds. The van der Waals surface area contributed by atoms with Crippen molar-refractivity contribution >= 4 is 11.7 Å². The van der Waals surface area contributed by atoms with Crippen molar-refractivity contribution in [1.29, 1.82) is 0 Å². The van der Waals surface area contributed by atoms with Gasteiger partial charge in [-0.2, -0.15) is 0 Å². The number of ether oxygens (including phenoxy) is 2. The number of hydrogen-bond donors (Lipinski definition) is 1. The molecule has 1 heterocycles. The van der Waals surface area contributed by atoms with Crippen molar-refractivity contribution in [3.05, 3.63) is 42.2 Å². The summed E-state index contributed by atoms with van der Waals surface area (Å²) in [6, 6.07) is 4.44. The molecule has 8 heteroatoms. The fourth-order valence-corrected chi connectivity index (χ4v) is 2.94. The number of hydrazine groups is 1. The number of carbonyl (C=O) groups excluding carboxylic acids is 1. The molecule has 1 aromatic carbocycles. The van der Waals surface area contributed by atoms with Crippen LogP contribution in [-0.2, 0) is 16.0 Å². The van der Waals surface area contributed by atoms with Crippen molar-refractivity contribution in [1.82, 2.24) is 9.91 Å². The van der Waals surface area contributed by atoms with Gasteiger partial charge in [0.2, 0.25) is 5.91 Å². The standard InChI is InChI=1S/C20H29FN4O3/c1-4-17(23-19-14-24(20(26)5-2)8-9-25(19)22)12-15-6-7-16(21)13-18(15)28-11-10-27-3/h5-7,13,17H,2,4,8-12,14,22H2,1,3H3/t17-/m0/s1. The van der Waals surface area contributed by atoms with Crippen LogP contribution >= 0.6 is 0 Å². The van der Waals surface area contributed by atoms with Gasteiger partial charge in [-0.3, -0.25) is 14.8 Å². The van der Waals surface area contributed by atoms with Gasteiger partial charge >= 0.3 is 0 Å². The molecule has 7 nitrogen and oxygen atoms in total. The lowest BCUT2D eigenvalue weighted by Gasteiger charge is -2.34. The van der Waals surface area contributed by atoms with E-state index in [0.717, 1.165) is 12.0 Å². The van der Waals surface area contributed by atoms with Crippen LogP contribution in [0.15, 0.2) is 35.8 Å². The summed E-state index contributed by atoms with van der Waals surface area (Å²) >= 11 is 0. The van der Waals surface area contributed by atoms with Crippen LogP contribution in [0.2, 0.25) is 0 Å². The summed E-state index contributed by atoms with van der Waals surface area (Å²) in [5.74, 6) is 6.71. The van der Waals surface area contributed by atoms with Gasteiger partial charge in [0, 0.05) is 19.7 Å². The van der Waals surface area contributed by atoms with Crippen LogP contribution in [0.5, 0.6) is 5.75 Å². The highest BCUT2D eigenvalue weighted by molar-refractivity contribution is 5.93. The van der Waals surface area contributed by atoms with E-state index in [-0.39, 0.29) is 17.8 Å². The quantitative estimate of drug-likeness (QED) is 0.394. The molecular formula is C20H29FN4O3. The number of amidine groups is 1. The molecule has 0 aromatic heterocycles. The van der Waals surface area contributed by atoms with E-state index in [4.69, 9.17) is 20.3 Å². The molecule has 28 heavy (non-hydrogen) atoms. The second-order valence-corrected chi connectivity index (χ2v) is 6.56. The first-order valence-electron chi connectivity index (χ1n) is 9.38. The lowest BCUT2D eigenvalue weighted by molar-refractivity contribution is -0.126. The fraction of sp³-hybridized carbons (Fsp3) is 0.500. The van der Waals surface area contributed by atoms with E-state index in [1.165, 1.54) is 18.2 Å².